The number of imide groups is 1. The molecule has 0 fully saturated rings. The summed E-state index contributed by atoms with van der Waals surface area (Å²) >= 11 is 0. The van der Waals surface area contributed by atoms with Crippen molar-refractivity contribution in [2.24, 2.45) is 0 Å². The Morgan fingerprint density at radius 1 is 0.574 bits per heavy atom. The van der Waals surface area contributed by atoms with Gasteiger partial charge in [-0.1, -0.05) is 77.1 Å². The fourth-order valence-electron chi connectivity index (χ4n) is 6.80. The predicted octanol–water partition coefficient (Wildman–Crippen LogP) is 9.56. The lowest BCUT2D eigenvalue weighted by atomic mass is 9.78. The summed E-state index contributed by atoms with van der Waals surface area (Å²) in [5.41, 5.74) is 4.36. The smallest absolute Gasteiger partial charge is 0.262 e. The van der Waals surface area contributed by atoms with Gasteiger partial charge in [0.05, 0.1) is 11.1 Å². The van der Waals surface area contributed by atoms with Crippen LogP contribution in [-0.2, 0) is 5.41 Å². The number of Topliss-reactive ketones (excluding diaryl/α,β-unsaturated/α-hetero) is 2. The highest BCUT2D eigenvalue weighted by atomic mass is 16.5. The summed E-state index contributed by atoms with van der Waals surface area (Å²) in [6.45, 7) is 12.6. The molecule has 2 aliphatic rings. The first-order valence-corrected chi connectivity index (χ1v) is 16.6. The van der Waals surface area contributed by atoms with Gasteiger partial charge in [-0.3, -0.25) is 24.1 Å². The third-order valence-electron chi connectivity index (χ3n) is 10.9. The van der Waals surface area contributed by atoms with Crippen LogP contribution in [-0.4, -0.2) is 33.8 Å². The second-order valence-corrected chi connectivity index (χ2v) is 13.3. The van der Waals surface area contributed by atoms with Crippen LogP contribution in [0.15, 0.2) is 84.9 Å². The summed E-state index contributed by atoms with van der Waals surface area (Å²) in [4.78, 5) is 55.2. The van der Waals surface area contributed by atoms with Crippen LogP contribution >= 0.6 is 0 Å². The van der Waals surface area contributed by atoms with Crippen LogP contribution in [0.2, 0.25) is 0 Å². The van der Waals surface area contributed by atoms with E-state index in [0.29, 0.717) is 57.5 Å². The van der Waals surface area contributed by atoms with E-state index in [9.17, 15) is 19.2 Å². The fraction of sp³-hybridized carbons (Fsp3) is 0.317. The Bertz CT molecular complexity index is 1900. The van der Waals surface area contributed by atoms with Crippen molar-refractivity contribution in [1.29, 1.82) is 0 Å². The number of fused-ring (bicyclic) bond motifs is 2. The number of rotatable bonds is 10. The zero-order chi connectivity index (χ0) is 33.7. The first kappa shape index (κ1) is 32.1. The van der Waals surface area contributed by atoms with Gasteiger partial charge >= 0.3 is 0 Å². The topological polar surface area (TPSA) is 80.8 Å². The second-order valence-electron chi connectivity index (χ2n) is 13.3. The molecule has 6 heteroatoms. The van der Waals surface area contributed by atoms with Gasteiger partial charge in [0.25, 0.3) is 11.8 Å². The van der Waals surface area contributed by atoms with Gasteiger partial charge in [-0.2, -0.15) is 0 Å². The molecule has 47 heavy (non-hydrogen) atoms. The number of carbonyl (C=O) groups excluding carboxylic acids is 4. The second kappa shape index (κ2) is 12.1. The molecule has 1 aliphatic carbocycles. The van der Waals surface area contributed by atoms with E-state index in [2.05, 4.69) is 32.9 Å². The first-order valence-electron chi connectivity index (χ1n) is 16.6. The molecule has 0 N–H and O–H groups in total. The van der Waals surface area contributed by atoms with Crippen LogP contribution in [0.3, 0.4) is 0 Å². The number of nitrogens with zero attached hydrogens (tertiary/aromatic N) is 1. The lowest BCUT2D eigenvalue weighted by Crippen LogP contribution is -2.48. The van der Waals surface area contributed by atoms with Crippen LogP contribution in [0.5, 0.6) is 11.5 Å². The Kier molecular flexibility index (Phi) is 8.25. The molecule has 4 aromatic carbocycles. The first-order chi connectivity index (χ1) is 22.5. The third kappa shape index (κ3) is 5.30. The largest absolute Gasteiger partial charge is 0.457 e. The minimum Gasteiger partial charge on any atom is -0.457 e. The monoisotopic (exact) mass is 627 g/mol. The fourth-order valence-corrected chi connectivity index (χ4v) is 6.80. The van der Waals surface area contributed by atoms with E-state index in [1.165, 1.54) is 10.5 Å². The van der Waals surface area contributed by atoms with Gasteiger partial charge in [0.15, 0.2) is 11.6 Å². The van der Waals surface area contributed by atoms with Crippen molar-refractivity contribution in [3.8, 4) is 22.6 Å². The van der Waals surface area contributed by atoms with Crippen molar-refractivity contribution in [2.75, 3.05) is 0 Å². The Balaban J connectivity index is 1.21. The normalized spacial score (nSPS) is 16.1. The number of ether oxygens (including phenoxy) is 1. The quantitative estimate of drug-likeness (QED) is 0.129. The predicted molar refractivity (Wildman–Crippen MR) is 184 cm³/mol. The average Bonchev–Trinajstić information content (AvgIpc) is 3.51. The Morgan fingerprint density at radius 3 is 1.62 bits per heavy atom. The van der Waals surface area contributed by atoms with Gasteiger partial charge in [-0.25, -0.2) is 0 Å². The summed E-state index contributed by atoms with van der Waals surface area (Å²) in [5, 5.41) is 0. The van der Waals surface area contributed by atoms with E-state index in [1.807, 2.05) is 32.9 Å². The lowest BCUT2D eigenvalue weighted by Gasteiger charge is -2.35. The van der Waals surface area contributed by atoms with Crippen molar-refractivity contribution in [2.45, 2.75) is 84.1 Å². The Morgan fingerprint density at radius 2 is 1.06 bits per heavy atom. The molecule has 1 unspecified atom stereocenters. The highest BCUT2D eigenvalue weighted by Crippen LogP contribution is 2.39. The summed E-state index contributed by atoms with van der Waals surface area (Å²) in [6.07, 6.45) is 3.43. The van der Waals surface area contributed by atoms with E-state index in [0.717, 1.165) is 18.6 Å². The van der Waals surface area contributed by atoms with Gasteiger partial charge < -0.3 is 4.74 Å². The molecule has 4 aromatic rings. The molecule has 0 saturated carbocycles. The van der Waals surface area contributed by atoms with Crippen molar-refractivity contribution in [1.82, 2.24) is 4.90 Å². The van der Waals surface area contributed by atoms with Crippen molar-refractivity contribution >= 4 is 23.4 Å². The van der Waals surface area contributed by atoms with Crippen LogP contribution in [0.1, 0.15) is 126 Å². The molecular formula is C41H41NO5. The number of hydrogen-bond acceptors (Lipinski definition) is 5. The van der Waals surface area contributed by atoms with E-state index >= 15 is 0 Å². The van der Waals surface area contributed by atoms with Crippen molar-refractivity contribution in [3.63, 3.8) is 0 Å². The summed E-state index contributed by atoms with van der Waals surface area (Å²) < 4.78 is 6.08. The van der Waals surface area contributed by atoms with Crippen LogP contribution in [0, 0.1) is 0 Å². The summed E-state index contributed by atoms with van der Waals surface area (Å²) in [5.74, 6) is -0.658. The minimum absolute atomic E-state index is 0.132. The Labute approximate surface area is 276 Å². The SMILES string of the molecule is CCC(C)(CC)c1ccc(Oc2ccc(C3C(=O)c4ccc(-c5ccc6c(c5)C(=O)N(C(C)(CC)CC)C6=O)cc4C3=O)cc2)cc1. The van der Waals surface area contributed by atoms with Crippen LogP contribution < -0.4 is 4.74 Å². The molecule has 0 aromatic heterocycles. The maximum atomic E-state index is 13.7. The molecule has 0 spiro atoms. The van der Waals surface area contributed by atoms with Crippen molar-refractivity contribution < 1.29 is 23.9 Å². The van der Waals surface area contributed by atoms with E-state index in [-0.39, 0.29) is 28.8 Å². The number of amides is 2. The molecular weight excluding hydrogens is 586 g/mol. The van der Waals surface area contributed by atoms with E-state index in [4.69, 9.17) is 4.74 Å². The average molecular weight is 628 g/mol. The van der Waals surface area contributed by atoms with E-state index in [1.54, 1.807) is 60.7 Å². The molecule has 0 saturated heterocycles. The molecule has 1 atom stereocenters. The molecule has 1 heterocycles. The van der Waals surface area contributed by atoms with Crippen molar-refractivity contribution in [3.05, 3.63) is 118 Å². The maximum Gasteiger partial charge on any atom is 0.262 e. The summed E-state index contributed by atoms with van der Waals surface area (Å²) in [6, 6.07) is 25.7. The zero-order valence-corrected chi connectivity index (χ0v) is 28.0. The molecule has 6 rings (SSSR count). The highest BCUT2D eigenvalue weighted by molar-refractivity contribution is 6.30. The molecule has 1 aliphatic heterocycles. The summed E-state index contributed by atoms with van der Waals surface area (Å²) in [7, 11) is 0. The van der Waals surface area contributed by atoms with E-state index < -0.39 is 11.5 Å². The van der Waals surface area contributed by atoms with Gasteiger partial charge in [0.1, 0.15) is 17.4 Å². The van der Waals surface area contributed by atoms with Gasteiger partial charge in [0, 0.05) is 16.7 Å². The van der Waals surface area contributed by atoms with Gasteiger partial charge in [-0.15, -0.1) is 0 Å². The van der Waals surface area contributed by atoms with Crippen LogP contribution in [0.4, 0.5) is 0 Å². The Hall–Kier alpha value is -4.84. The molecule has 0 radical (unpaired) electrons. The van der Waals surface area contributed by atoms with Crippen LogP contribution in [0.25, 0.3) is 11.1 Å². The molecule has 240 valence electrons. The zero-order valence-electron chi connectivity index (χ0n) is 28.0. The molecule has 6 nitrogen and oxygen atoms in total. The third-order valence-corrected chi connectivity index (χ3v) is 10.9. The van der Waals surface area contributed by atoms with Gasteiger partial charge in [0.2, 0.25) is 0 Å². The molecule has 2 amide bonds. The highest BCUT2D eigenvalue weighted by Gasteiger charge is 2.45. The number of ketones is 2. The minimum atomic E-state index is -0.928. The maximum absolute atomic E-state index is 13.7. The lowest BCUT2D eigenvalue weighted by molar-refractivity contribution is 0.0434. The molecule has 0 bridgehead atoms. The standard InChI is InChI=1S/C41H41NO5/c1-7-40(5,8-2)28-15-19-30(20-16-28)47-29-17-11-25(12-18-29)35-36(43)31-21-13-26(23-33(31)37(35)44)27-14-22-32-34(24-27)39(46)42(38(32)45)41(6,9-3)10-4/h11-24,35H,7-10H2,1-6H3. The number of carbonyl (C=O) groups is 4. The number of benzene rings is 4. The van der Waals surface area contributed by atoms with Gasteiger partial charge in [-0.05, 0) is 103 Å². The number of hydrogen-bond donors (Lipinski definition) is 0.